The molecule has 2 aromatic heterocycles. The standard InChI is InChI=1S/C14H18N4O2S.ClH/c1-10-9-15-6-7-18(10)13(19)5-4-12-16-14(17-20-12)11-3-2-8-21-11;/h2-3,8,10,15H,4-7,9H2,1H3;1H/t10-;/m0./s1. The fourth-order valence-electron chi connectivity index (χ4n) is 2.43. The first-order valence-corrected chi connectivity index (χ1v) is 7.98. The number of carbonyl (C=O) groups excluding carboxylic acids is 1. The van der Waals surface area contributed by atoms with E-state index in [9.17, 15) is 4.79 Å². The molecule has 0 bridgehead atoms. The Morgan fingerprint density at radius 1 is 1.59 bits per heavy atom. The Labute approximate surface area is 139 Å². The summed E-state index contributed by atoms with van der Waals surface area (Å²) >= 11 is 1.57. The van der Waals surface area contributed by atoms with Gasteiger partial charge in [-0.2, -0.15) is 4.98 Å². The summed E-state index contributed by atoms with van der Waals surface area (Å²) in [7, 11) is 0. The molecule has 0 unspecified atom stereocenters. The number of hydrogen-bond donors (Lipinski definition) is 1. The van der Waals surface area contributed by atoms with E-state index in [1.54, 1.807) is 11.3 Å². The Balaban J connectivity index is 0.00000176. The second-order valence-corrected chi connectivity index (χ2v) is 6.08. The minimum absolute atomic E-state index is 0. The summed E-state index contributed by atoms with van der Waals surface area (Å²) in [5, 5.41) is 9.20. The average Bonchev–Trinajstić information content (AvgIpc) is 3.16. The lowest BCUT2D eigenvalue weighted by Crippen LogP contribution is -2.52. The van der Waals surface area contributed by atoms with Gasteiger partial charge < -0.3 is 14.7 Å². The van der Waals surface area contributed by atoms with Crippen LogP contribution in [0.15, 0.2) is 22.0 Å². The number of aromatic nitrogens is 2. The third kappa shape index (κ3) is 3.85. The molecule has 1 aliphatic rings. The first kappa shape index (κ1) is 16.9. The van der Waals surface area contributed by atoms with Crippen LogP contribution >= 0.6 is 23.7 Å². The molecular weight excluding hydrogens is 324 g/mol. The molecule has 1 saturated heterocycles. The molecule has 0 radical (unpaired) electrons. The third-order valence-electron chi connectivity index (χ3n) is 3.58. The number of nitrogens with one attached hydrogen (secondary N) is 1. The largest absolute Gasteiger partial charge is 0.339 e. The molecule has 0 spiro atoms. The molecule has 3 heterocycles. The lowest BCUT2D eigenvalue weighted by molar-refractivity contribution is -0.134. The van der Waals surface area contributed by atoms with E-state index in [0.717, 1.165) is 24.5 Å². The minimum atomic E-state index is 0. The van der Waals surface area contributed by atoms with Crippen molar-refractivity contribution >= 4 is 29.7 Å². The quantitative estimate of drug-likeness (QED) is 0.919. The van der Waals surface area contributed by atoms with Crippen molar-refractivity contribution < 1.29 is 9.32 Å². The van der Waals surface area contributed by atoms with Gasteiger partial charge >= 0.3 is 0 Å². The van der Waals surface area contributed by atoms with Gasteiger partial charge in [-0.1, -0.05) is 11.2 Å². The monoisotopic (exact) mass is 342 g/mol. The van der Waals surface area contributed by atoms with Gasteiger partial charge in [-0.15, -0.1) is 23.7 Å². The van der Waals surface area contributed by atoms with Crippen LogP contribution in [0.25, 0.3) is 10.7 Å². The number of thiophene rings is 1. The van der Waals surface area contributed by atoms with Crippen LogP contribution in [-0.2, 0) is 11.2 Å². The number of nitrogens with zero attached hydrogens (tertiary/aromatic N) is 3. The highest BCUT2D eigenvalue weighted by Gasteiger charge is 2.23. The summed E-state index contributed by atoms with van der Waals surface area (Å²) in [5.74, 6) is 1.28. The Morgan fingerprint density at radius 3 is 3.18 bits per heavy atom. The van der Waals surface area contributed by atoms with Crippen molar-refractivity contribution in [3.8, 4) is 10.7 Å². The van der Waals surface area contributed by atoms with E-state index in [-0.39, 0.29) is 24.4 Å². The van der Waals surface area contributed by atoms with Crippen molar-refractivity contribution in [1.82, 2.24) is 20.4 Å². The smallest absolute Gasteiger partial charge is 0.227 e. The van der Waals surface area contributed by atoms with Gasteiger partial charge in [-0.3, -0.25) is 4.79 Å². The molecule has 22 heavy (non-hydrogen) atoms. The zero-order chi connectivity index (χ0) is 14.7. The fourth-order valence-corrected chi connectivity index (χ4v) is 3.08. The minimum Gasteiger partial charge on any atom is -0.339 e. The second-order valence-electron chi connectivity index (χ2n) is 5.13. The molecule has 1 atom stereocenters. The molecule has 2 aromatic rings. The van der Waals surface area contributed by atoms with Gasteiger partial charge in [0.2, 0.25) is 17.6 Å². The van der Waals surface area contributed by atoms with Gasteiger partial charge in [0.05, 0.1) is 4.88 Å². The highest BCUT2D eigenvalue weighted by molar-refractivity contribution is 7.13. The molecule has 0 aliphatic carbocycles. The number of halogens is 1. The number of rotatable bonds is 4. The first-order valence-electron chi connectivity index (χ1n) is 7.10. The van der Waals surface area contributed by atoms with E-state index in [0.29, 0.717) is 24.6 Å². The highest BCUT2D eigenvalue weighted by atomic mass is 35.5. The van der Waals surface area contributed by atoms with Crippen molar-refractivity contribution in [1.29, 1.82) is 0 Å². The van der Waals surface area contributed by atoms with Crippen LogP contribution in [-0.4, -0.2) is 46.6 Å². The van der Waals surface area contributed by atoms with E-state index in [1.807, 2.05) is 22.4 Å². The van der Waals surface area contributed by atoms with Crippen LogP contribution < -0.4 is 5.32 Å². The molecule has 120 valence electrons. The SMILES string of the molecule is C[C@H]1CNCCN1C(=O)CCc1nc(-c2cccs2)no1.Cl. The lowest BCUT2D eigenvalue weighted by atomic mass is 10.2. The highest BCUT2D eigenvalue weighted by Crippen LogP contribution is 2.21. The van der Waals surface area contributed by atoms with Gasteiger partial charge in [0.25, 0.3) is 0 Å². The van der Waals surface area contributed by atoms with Gasteiger partial charge in [0.15, 0.2) is 0 Å². The van der Waals surface area contributed by atoms with Crippen LogP contribution in [0, 0.1) is 0 Å². The lowest BCUT2D eigenvalue weighted by Gasteiger charge is -2.34. The molecule has 1 amide bonds. The summed E-state index contributed by atoms with van der Waals surface area (Å²) in [6, 6.07) is 4.15. The normalized spacial score (nSPS) is 18.0. The molecule has 6 nitrogen and oxygen atoms in total. The zero-order valence-corrected chi connectivity index (χ0v) is 14.0. The van der Waals surface area contributed by atoms with Gasteiger partial charge in [-0.05, 0) is 18.4 Å². The predicted molar refractivity (Wildman–Crippen MR) is 87.2 cm³/mol. The van der Waals surface area contributed by atoms with Crippen molar-refractivity contribution in [3.05, 3.63) is 23.4 Å². The maximum atomic E-state index is 12.2. The van der Waals surface area contributed by atoms with Crippen LogP contribution in [0.4, 0.5) is 0 Å². The zero-order valence-electron chi connectivity index (χ0n) is 12.3. The van der Waals surface area contributed by atoms with Crippen molar-refractivity contribution in [2.24, 2.45) is 0 Å². The van der Waals surface area contributed by atoms with E-state index >= 15 is 0 Å². The maximum Gasteiger partial charge on any atom is 0.227 e. The average molecular weight is 343 g/mol. The Kier molecular flexibility index (Phi) is 5.93. The Bertz CT molecular complexity index is 602. The van der Waals surface area contributed by atoms with Crippen molar-refractivity contribution in [3.63, 3.8) is 0 Å². The number of piperazine rings is 1. The summed E-state index contributed by atoms with van der Waals surface area (Å²) in [4.78, 5) is 19.5. The van der Waals surface area contributed by atoms with Crippen LogP contribution in [0.2, 0.25) is 0 Å². The number of carbonyl (C=O) groups is 1. The van der Waals surface area contributed by atoms with E-state index < -0.39 is 0 Å². The van der Waals surface area contributed by atoms with Crippen LogP contribution in [0.5, 0.6) is 0 Å². The van der Waals surface area contributed by atoms with Gasteiger partial charge in [-0.25, -0.2) is 0 Å². The van der Waals surface area contributed by atoms with Gasteiger partial charge in [0.1, 0.15) is 0 Å². The summed E-state index contributed by atoms with van der Waals surface area (Å²) in [6.45, 7) is 4.55. The summed E-state index contributed by atoms with van der Waals surface area (Å²) in [5.41, 5.74) is 0. The topological polar surface area (TPSA) is 71.3 Å². The van der Waals surface area contributed by atoms with E-state index in [4.69, 9.17) is 4.52 Å². The molecule has 0 aromatic carbocycles. The summed E-state index contributed by atoms with van der Waals surface area (Å²) < 4.78 is 5.22. The maximum absolute atomic E-state index is 12.2. The fraction of sp³-hybridized carbons (Fsp3) is 0.500. The van der Waals surface area contributed by atoms with Crippen molar-refractivity contribution in [2.45, 2.75) is 25.8 Å². The molecule has 1 fully saturated rings. The van der Waals surface area contributed by atoms with E-state index in [1.165, 1.54) is 0 Å². The molecule has 1 aliphatic heterocycles. The third-order valence-corrected chi connectivity index (χ3v) is 4.45. The molecular formula is C14H19ClN4O2S. The summed E-state index contributed by atoms with van der Waals surface area (Å²) in [6.07, 6.45) is 0.907. The Morgan fingerprint density at radius 2 is 2.45 bits per heavy atom. The number of aryl methyl sites for hydroxylation is 1. The first-order chi connectivity index (χ1) is 10.2. The Hall–Kier alpha value is -1.44. The van der Waals surface area contributed by atoms with Crippen LogP contribution in [0.3, 0.4) is 0 Å². The van der Waals surface area contributed by atoms with E-state index in [2.05, 4.69) is 22.4 Å². The molecule has 8 heteroatoms. The predicted octanol–water partition coefficient (Wildman–Crippen LogP) is 1.97. The molecule has 1 N–H and O–H groups in total. The van der Waals surface area contributed by atoms with Crippen LogP contribution in [0.1, 0.15) is 19.2 Å². The molecule has 3 rings (SSSR count). The number of hydrogen-bond acceptors (Lipinski definition) is 6. The van der Waals surface area contributed by atoms with Crippen molar-refractivity contribution in [2.75, 3.05) is 19.6 Å². The van der Waals surface area contributed by atoms with Gasteiger partial charge in [0, 0.05) is 38.5 Å². The second kappa shape index (κ2) is 7.71. The number of amides is 1. The molecule has 0 saturated carbocycles.